The maximum absolute atomic E-state index is 13.6. The zero-order valence-corrected chi connectivity index (χ0v) is 20.6. The van der Waals surface area contributed by atoms with Crippen molar-refractivity contribution in [3.05, 3.63) is 89.5 Å². The maximum atomic E-state index is 13.6. The summed E-state index contributed by atoms with van der Waals surface area (Å²) >= 11 is 0. The van der Waals surface area contributed by atoms with Crippen molar-refractivity contribution in [1.29, 1.82) is 0 Å². The Bertz CT molecular complexity index is 1260. The Morgan fingerprint density at radius 2 is 1.58 bits per heavy atom. The highest BCUT2D eigenvalue weighted by Crippen LogP contribution is 2.31. The number of ether oxygens (including phenoxy) is 2. The molecule has 0 saturated carbocycles. The largest absolute Gasteiger partial charge is 0.493 e. The van der Waals surface area contributed by atoms with Gasteiger partial charge in [-0.05, 0) is 42.8 Å². The molecule has 1 aliphatic heterocycles. The highest BCUT2D eigenvalue weighted by atomic mass is 16.5. The van der Waals surface area contributed by atoms with E-state index in [0.29, 0.717) is 47.9 Å². The number of Topliss-reactive ketones (excluding diaryl/α,β-unsaturated/α-hetero) is 1. The number of urea groups is 1. The second kappa shape index (κ2) is 10.9. The third-order valence-electron chi connectivity index (χ3n) is 6.26. The van der Waals surface area contributed by atoms with Crippen molar-refractivity contribution in [2.24, 2.45) is 0 Å². The van der Waals surface area contributed by atoms with Crippen LogP contribution in [0.1, 0.15) is 39.2 Å². The molecule has 0 bridgehead atoms. The van der Waals surface area contributed by atoms with Gasteiger partial charge in [0.1, 0.15) is 0 Å². The molecule has 3 aromatic carbocycles. The minimum absolute atomic E-state index is 0.0717. The van der Waals surface area contributed by atoms with Gasteiger partial charge in [0.05, 0.1) is 20.3 Å². The fourth-order valence-electron chi connectivity index (χ4n) is 4.32. The second-order valence-corrected chi connectivity index (χ2v) is 8.51. The van der Waals surface area contributed by atoms with Gasteiger partial charge in [-0.2, -0.15) is 0 Å². The van der Waals surface area contributed by atoms with E-state index in [9.17, 15) is 14.4 Å². The molecule has 1 fully saturated rings. The third-order valence-corrected chi connectivity index (χ3v) is 6.26. The van der Waals surface area contributed by atoms with Crippen LogP contribution in [-0.2, 0) is 0 Å². The Morgan fingerprint density at radius 3 is 2.28 bits per heavy atom. The molecule has 1 atom stereocenters. The lowest BCUT2D eigenvalue weighted by Gasteiger charge is -2.41. The molecule has 1 N–H and O–H groups in total. The van der Waals surface area contributed by atoms with Crippen LogP contribution in [0.3, 0.4) is 0 Å². The van der Waals surface area contributed by atoms with E-state index in [2.05, 4.69) is 5.32 Å². The zero-order valence-electron chi connectivity index (χ0n) is 20.6. The summed E-state index contributed by atoms with van der Waals surface area (Å²) in [5, 5.41) is 2.88. The average molecular weight is 488 g/mol. The number of hydrogen-bond acceptors (Lipinski definition) is 5. The van der Waals surface area contributed by atoms with Gasteiger partial charge in [-0.15, -0.1) is 0 Å². The molecule has 0 radical (unpaired) electrons. The topological polar surface area (TPSA) is 88.2 Å². The summed E-state index contributed by atoms with van der Waals surface area (Å²) in [4.78, 5) is 41.9. The van der Waals surface area contributed by atoms with Gasteiger partial charge >= 0.3 is 6.03 Å². The van der Waals surface area contributed by atoms with Crippen LogP contribution in [-0.4, -0.2) is 61.4 Å². The number of benzene rings is 3. The molecule has 1 heterocycles. The highest BCUT2D eigenvalue weighted by Gasteiger charge is 2.34. The minimum Gasteiger partial charge on any atom is -0.493 e. The number of nitrogens with zero attached hydrogens (tertiary/aromatic N) is 2. The van der Waals surface area contributed by atoms with Crippen molar-refractivity contribution in [2.75, 3.05) is 39.2 Å². The van der Waals surface area contributed by atoms with Crippen molar-refractivity contribution in [2.45, 2.75) is 13.0 Å². The van der Waals surface area contributed by atoms with Crippen LogP contribution in [0, 0.1) is 0 Å². The summed E-state index contributed by atoms with van der Waals surface area (Å²) in [6.45, 7) is 2.52. The standard InChI is InChI=1S/C28H29N3O5/c1-19(32)21-10-7-11-23(16-21)29-28(34)30-14-15-31(24(18-30)20-8-5-4-6-9-20)27(33)22-12-13-25(35-2)26(17-22)36-3/h4-13,16-17,24H,14-15,18H2,1-3H3,(H,29,34). The van der Waals surface area contributed by atoms with Crippen molar-refractivity contribution in [3.8, 4) is 11.5 Å². The van der Waals surface area contributed by atoms with Crippen LogP contribution in [0.5, 0.6) is 11.5 Å². The maximum Gasteiger partial charge on any atom is 0.321 e. The molecule has 1 saturated heterocycles. The van der Waals surface area contributed by atoms with Gasteiger partial charge in [-0.1, -0.05) is 42.5 Å². The predicted octanol–water partition coefficient (Wildman–Crippen LogP) is 4.64. The van der Waals surface area contributed by atoms with Gasteiger partial charge in [0.15, 0.2) is 17.3 Å². The van der Waals surface area contributed by atoms with Crippen LogP contribution in [0.2, 0.25) is 0 Å². The third kappa shape index (κ3) is 5.33. The lowest BCUT2D eigenvalue weighted by atomic mass is 10.0. The number of methoxy groups -OCH3 is 2. The molecule has 1 unspecified atom stereocenters. The molecule has 36 heavy (non-hydrogen) atoms. The summed E-state index contributed by atoms with van der Waals surface area (Å²) in [5.41, 5.74) is 2.49. The molecule has 186 valence electrons. The second-order valence-electron chi connectivity index (χ2n) is 8.51. The van der Waals surface area contributed by atoms with Gasteiger partial charge in [0.25, 0.3) is 5.91 Å². The highest BCUT2D eigenvalue weighted by molar-refractivity contribution is 5.97. The summed E-state index contributed by atoms with van der Waals surface area (Å²) in [7, 11) is 3.08. The monoisotopic (exact) mass is 487 g/mol. The summed E-state index contributed by atoms with van der Waals surface area (Å²) in [6, 6.07) is 21.0. The first-order chi connectivity index (χ1) is 17.4. The SMILES string of the molecule is COc1ccc(C(=O)N2CCN(C(=O)Nc3cccc(C(C)=O)c3)CC2c2ccccc2)cc1OC. The first-order valence-corrected chi connectivity index (χ1v) is 11.7. The molecule has 1 aliphatic rings. The number of rotatable bonds is 6. The Hall–Kier alpha value is -4.33. The van der Waals surface area contributed by atoms with Gasteiger partial charge in [-0.25, -0.2) is 4.79 Å². The lowest BCUT2D eigenvalue weighted by Crippen LogP contribution is -2.53. The minimum atomic E-state index is -0.338. The molecular weight excluding hydrogens is 458 g/mol. The number of hydrogen-bond donors (Lipinski definition) is 1. The van der Waals surface area contributed by atoms with Crippen LogP contribution in [0.15, 0.2) is 72.8 Å². The molecule has 8 heteroatoms. The predicted molar refractivity (Wildman–Crippen MR) is 137 cm³/mol. The van der Waals surface area contributed by atoms with E-state index in [1.165, 1.54) is 14.0 Å². The lowest BCUT2D eigenvalue weighted by molar-refractivity contribution is 0.0516. The molecule has 4 rings (SSSR count). The molecule has 3 aromatic rings. The van der Waals surface area contributed by atoms with Crippen molar-refractivity contribution < 1.29 is 23.9 Å². The van der Waals surface area contributed by atoms with Crippen molar-refractivity contribution in [3.63, 3.8) is 0 Å². The quantitative estimate of drug-likeness (QED) is 0.512. The Morgan fingerprint density at radius 1 is 0.833 bits per heavy atom. The number of carbonyl (C=O) groups is 3. The fourth-order valence-corrected chi connectivity index (χ4v) is 4.32. The molecule has 0 aliphatic carbocycles. The first kappa shape index (κ1) is 24.8. The fraction of sp³-hybridized carbons (Fsp3) is 0.250. The summed E-state index contributed by atoms with van der Waals surface area (Å²) in [5.74, 6) is 0.797. The van der Waals surface area contributed by atoms with E-state index >= 15 is 0 Å². The number of anilines is 1. The van der Waals surface area contributed by atoms with Gasteiger partial charge in [-0.3, -0.25) is 9.59 Å². The molecule has 3 amide bonds. The van der Waals surface area contributed by atoms with Crippen LogP contribution < -0.4 is 14.8 Å². The molecule has 8 nitrogen and oxygen atoms in total. The zero-order chi connectivity index (χ0) is 25.7. The van der Waals surface area contributed by atoms with Crippen molar-refractivity contribution >= 4 is 23.4 Å². The summed E-state index contributed by atoms with van der Waals surface area (Å²) in [6.07, 6.45) is 0. The number of amides is 3. The number of piperazine rings is 1. The van der Waals surface area contributed by atoms with Crippen LogP contribution in [0.4, 0.5) is 10.5 Å². The average Bonchev–Trinajstić information content (AvgIpc) is 2.92. The summed E-state index contributed by atoms with van der Waals surface area (Å²) < 4.78 is 10.7. The van der Waals surface area contributed by atoms with E-state index in [-0.39, 0.29) is 23.8 Å². The van der Waals surface area contributed by atoms with E-state index in [4.69, 9.17) is 9.47 Å². The van der Waals surface area contributed by atoms with E-state index in [0.717, 1.165) is 5.56 Å². The molecule has 0 spiro atoms. The molecule has 0 aromatic heterocycles. The Balaban J connectivity index is 1.57. The van der Waals surface area contributed by atoms with Crippen LogP contribution >= 0.6 is 0 Å². The van der Waals surface area contributed by atoms with Gasteiger partial charge in [0.2, 0.25) is 0 Å². The van der Waals surface area contributed by atoms with E-state index in [1.54, 1.807) is 59.4 Å². The normalized spacial score (nSPS) is 15.2. The number of nitrogens with one attached hydrogen (secondary N) is 1. The number of ketones is 1. The van der Waals surface area contributed by atoms with Crippen LogP contribution in [0.25, 0.3) is 0 Å². The van der Waals surface area contributed by atoms with Crippen molar-refractivity contribution in [1.82, 2.24) is 9.80 Å². The first-order valence-electron chi connectivity index (χ1n) is 11.7. The number of carbonyl (C=O) groups excluding carboxylic acids is 3. The van der Waals surface area contributed by atoms with E-state index in [1.807, 2.05) is 30.3 Å². The molecular formula is C28H29N3O5. The van der Waals surface area contributed by atoms with Gasteiger partial charge in [0, 0.05) is 36.4 Å². The van der Waals surface area contributed by atoms with E-state index < -0.39 is 0 Å². The Kier molecular flexibility index (Phi) is 7.53. The Labute approximate surface area is 210 Å². The van der Waals surface area contributed by atoms with Gasteiger partial charge < -0.3 is 24.6 Å². The smallest absolute Gasteiger partial charge is 0.321 e.